The highest BCUT2D eigenvalue weighted by atomic mass is 19.1. The highest BCUT2D eigenvalue weighted by Gasteiger charge is 2.18. The number of nitrogens with one attached hydrogen (secondary N) is 1. The molecule has 5 nitrogen and oxygen atoms in total. The van der Waals surface area contributed by atoms with Gasteiger partial charge in [0.05, 0.1) is 0 Å². The molecule has 0 bridgehead atoms. The van der Waals surface area contributed by atoms with E-state index in [2.05, 4.69) is 15.2 Å². The smallest absolute Gasteiger partial charge is 0.251 e. The summed E-state index contributed by atoms with van der Waals surface area (Å²) in [6.45, 7) is 2.97. The normalized spacial score (nSPS) is 13.8. The summed E-state index contributed by atoms with van der Waals surface area (Å²) in [4.78, 5) is 19.0. The van der Waals surface area contributed by atoms with E-state index in [1.54, 1.807) is 30.5 Å². The third kappa shape index (κ3) is 4.78. The number of carbonyl (C=O) groups excluding carboxylic acids is 1. The lowest BCUT2D eigenvalue weighted by Gasteiger charge is -2.19. The Balaban J connectivity index is 1.45. The van der Waals surface area contributed by atoms with Gasteiger partial charge in [-0.3, -0.25) is 14.7 Å². The third-order valence-corrected chi connectivity index (χ3v) is 4.91. The molecular weight excluding hydrogens is 369 g/mol. The summed E-state index contributed by atoms with van der Waals surface area (Å²) in [6.07, 6.45) is 3.62. The van der Waals surface area contributed by atoms with Crippen LogP contribution in [0.4, 0.5) is 4.39 Å². The molecule has 1 aliphatic rings. The summed E-state index contributed by atoms with van der Waals surface area (Å²) < 4.78 is 19.6. The maximum Gasteiger partial charge on any atom is 0.251 e. The van der Waals surface area contributed by atoms with Crippen LogP contribution in [0.2, 0.25) is 0 Å². The van der Waals surface area contributed by atoms with E-state index in [0.717, 1.165) is 30.0 Å². The van der Waals surface area contributed by atoms with Gasteiger partial charge in [-0.15, -0.1) is 0 Å². The zero-order valence-corrected chi connectivity index (χ0v) is 16.0. The van der Waals surface area contributed by atoms with Crippen LogP contribution < -0.4 is 10.1 Å². The van der Waals surface area contributed by atoms with Crippen molar-refractivity contribution in [3.63, 3.8) is 0 Å². The number of rotatable bonds is 5. The van der Waals surface area contributed by atoms with Crippen molar-refractivity contribution < 1.29 is 13.9 Å². The first-order chi connectivity index (χ1) is 14.2. The van der Waals surface area contributed by atoms with E-state index in [1.807, 2.05) is 30.5 Å². The van der Waals surface area contributed by atoms with Crippen molar-refractivity contribution in [3.05, 3.63) is 95.1 Å². The van der Waals surface area contributed by atoms with Gasteiger partial charge >= 0.3 is 0 Å². The number of ether oxygens (including phenoxy) is 1. The molecular formula is C23H22FN3O2. The molecule has 1 N–H and O–H groups in total. The van der Waals surface area contributed by atoms with Crippen molar-refractivity contribution >= 4 is 5.91 Å². The number of halogens is 1. The lowest BCUT2D eigenvalue weighted by atomic mass is 10.1. The largest absolute Gasteiger partial charge is 0.492 e. The van der Waals surface area contributed by atoms with Crippen LogP contribution in [0.25, 0.3) is 0 Å². The monoisotopic (exact) mass is 391 g/mol. The van der Waals surface area contributed by atoms with Crippen molar-refractivity contribution in [1.29, 1.82) is 0 Å². The van der Waals surface area contributed by atoms with Crippen molar-refractivity contribution in [3.8, 4) is 5.75 Å². The van der Waals surface area contributed by atoms with Crippen molar-refractivity contribution in [2.75, 3.05) is 13.2 Å². The van der Waals surface area contributed by atoms with Crippen LogP contribution in [-0.2, 0) is 19.6 Å². The van der Waals surface area contributed by atoms with Gasteiger partial charge in [0.25, 0.3) is 5.91 Å². The predicted octanol–water partition coefficient (Wildman–Crippen LogP) is 3.55. The van der Waals surface area contributed by atoms with Crippen LogP contribution in [0.5, 0.6) is 5.75 Å². The Morgan fingerprint density at radius 3 is 2.90 bits per heavy atom. The first kappa shape index (κ1) is 19.1. The van der Waals surface area contributed by atoms with E-state index in [4.69, 9.17) is 4.74 Å². The van der Waals surface area contributed by atoms with Crippen molar-refractivity contribution in [2.45, 2.75) is 19.6 Å². The van der Waals surface area contributed by atoms with Gasteiger partial charge in [-0.2, -0.15) is 0 Å². The fourth-order valence-corrected chi connectivity index (χ4v) is 3.39. The van der Waals surface area contributed by atoms with Gasteiger partial charge in [0.2, 0.25) is 0 Å². The maximum absolute atomic E-state index is 13.8. The predicted molar refractivity (Wildman–Crippen MR) is 108 cm³/mol. The number of fused-ring (bicyclic) bond motifs is 1. The maximum atomic E-state index is 13.8. The summed E-state index contributed by atoms with van der Waals surface area (Å²) in [7, 11) is 0. The average Bonchev–Trinajstić information content (AvgIpc) is 2.94. The van der Waals surface area contributed by atoms with E-state index in [0.29, 0.717) is 24.3 Å². The third-order valence-electron chi connectivity index (χ3n) is 4.91. The van der Waals surface area contributed by atoms with Gasteiger partial charge in [-0.25, -0.2) is 4.39 Å². The lowest BCUT2D eigenvalue weighted by Crippen LogP contribution is -2.25. The van der Waals surface area contributed by atoms with Crippen LogP contribution in [0.1, 0.15) is 27.0 Å². The summed E-state index contributed by atoms with van der Waals surface area (Å²) in [5, 5.41) is 2.79. The van der Waals surface area contributed by atoms with Crippen LogP contribution in [0.3, 0.4) is 0 Å². The fourth-order valence-electron chi connectivity index (χ4n) is 3.39. The number of amides is 1. The number of nitrogens with zero attached hydrogens (tertiary/aromatic N) is 2. The van der Waals surface area contributed by atoms with Gasteiger partial charge in [-0.05, 0) is 35.9 Å². The SMILES string of the molecule is O=C(NCc1ccccc1F)c1ccc2c(c1)CN(Cc1cccnc1)CCO2. The minimum absolute atomic E-state index is 0.145. The fraction of sp³-hybridized carbons (Fsp3) is 0.217. The molecule has 3 aromatic rings. The van der Waals surface area contributed by atoms with E-state index < -0.39 is 0 Å². The average molecular weight is 391 g/mol. The molecule has 1 amide bonds. The number of pyridine rings is 1. The Kier molecular flexibility index (Phi) is 5.81. The summed E-state index contributed by atoms with van der Waals surface area (Å²) in [6, 6.07) is 15.8. The second-order valence-corrected chi connectivity index (χ2v) is 7.02. The molecule has 2 heterocycles. The Bertz CT molecular complexity index is 994. The highest BCUT2D eigenvalue weighted by Crippen LogP contribution is 2.25. The molecule has 0 spiro atoms. The Morgan fingerprint density at radius 1 is 1.17 bits per heavy atom. The van der Waals surface area contributed by atoms with Crippen LogP contribution in [0.15, 0.2) is 67.0 Å². The van der Waals surface area contributed by atoms with E-state index >= 15 is 0 Å². The van der Waals surface area contributed by atoms with Gasteiger partial charge in [0.1, 0.15) is 18.2 Å². The summed E-state index contributed by atoms with van der Waals surface area (Å²) in [5.74, 6) is 0.234. The molecule has 0 fully saturated rings. The Morgan fingerprint density at radius 2 is 2.07 bits per heavy atom. The molecule has 1 aromatic heterocycles. The van der Waals surface area contributed by atoms with E-state index in [9.17, 15) is 9.18 Å². The van der Waals surface area contributed by atoms with Crippen LogP contribution in [0, 0.1) is 5.82 Å². The van der Waals surface area contributed by atoms with Crippen molar-refractivity contribution in [2.24, 2.45) is 0 Å². The molecule has 1 aliphatic heterocycles. The molecule has 0 aliphatic carbocycles. The van der Waals surface area contributed by atoms with Crippen molar-refractivity contribution in [1.82, 2.24) is 15.2 Å². The number of hydrogen-bond donors (Lipinski definition) is 1. The number of benzene rings is 2. The minimum atomic E-state index is -0.325. The minimum Gasteiger partial charge on any atom is -0.492 e. The van der Waals surface area contributed by atoms with Crippen LogP contribution in [-0.4, -0.2) is 28.9 Å². The molecule has 0 atom stereocenters. The van der Waals surface area contributed by atoms with Gasteiger partial charge in [0, 0.05) is 55.3 Å². The topological polar surface area (TPSA) is 54.5 Å². The van der Waals surface area contributed by atoms with E-state index in [-0.39, 0.29) is 18.3 Å². The van der Waals surface area contributed by atoms with Crippen LogP contribution >= 0.6 is 0 Å². The summed E-state index contributed by atoms with van der Waals surface area (Å²) in [5.41, 5.74) is 3.09. The van der Waals surface area contributed by atoms with Gasteiger partial charge in [-0.1, -0.05) is 24.3 Å². The highest BCUT2D eigenvalue weighted by molar-refractivity contribution is 5.94. The quantitative estimate of drug-likeness (QED) is 0.723. The van der Waals surface area contributed by atoms with Gasteiger partial charge in [0.15, 0.2) is 0 Å². The number of aromatic nitrogens is 1. The zero-order chi connectivity index (χ0) is 20.1. The molecule has 0 unspecified atom stereocenters. The molecule has 0 saturated heterocycles. The molecule has 4 rings (SSSR count). The second kappa shape index (κ2) is 8.84. The first-order valence-electron chi connectivity index (χ1n) is 9.57. The molecule has 29 heavy (non-hydrogen) atoms. The number of hydrogen-bond acceptors (Lipinski definition) is 4. The molecule has 2 aromatic carbocycles. The number of carbonyl (C=O) groups is 1. The molecule has 0 saturated carbocycles. The van der Waals surface area contributed by atoms with E-state index in [1.165, 1.54) is 6.07 Å². The summed E-state index contributed by atoms with van der Waals surface area (Å²) >= 11 is 0. The molecule has 148 valence electrons. The Hall–Kier alpha value is -3.25. The zero-order valence-electron chi connectivity index (χ0n) is 16.0. The lowest BCUT2D eigenvalue weighted by molar-refractivity contribution is 0.0950. The Labute approximate surface area is 169 Å². The molecule has 6 heteroatoms. The first-order valence-corrected chi connectivity index (χ1v) is 9.57. The van der Waals surface area contributed by atoms with Gasteiger partial charge < -0.3 is 10.1 Å². The standard InChI is InChI=1S/C23H22FN3O2/c24-21-6-2-1-5-19(21)14-26-23(28)18-7-8-22-20(12-18)16-27(10-11-29-22)15-17-4-3-9-25-13-17/h1-9,12-13H,10-11,14-16H2,(H,26,28). The second-order valence-electron chi connectivity index (χ2n) is 7.02. The molecule has 0 radical (unpaired) electrons.